The number of benzene rings is 1. The van der Waals surface area contributed by atoms with Crippen LogP contribution in [0.4, 0.5) is 0 Å². The minimum atomic E-state index is 0.456. The minimum Gasteiger partial charge on any atom is -0.493 e. The van der Waals surface area contributed by atoms with Crippen molar-refractivity contribution in [3.05, 3.63) is 53.2 Å². The van der Waals surface area contributed by atoms with Crippen molar-refractivity contribution in [3.63, 3.8) is 0 Å². The van der Waals surface area contributed by atoms with Crippen LogP contribution < -0.4 is 14.8 Å². The maximum Gasteiger partial charge on any atom is 0.236 e. The van der Waals surface area contributed by atoms with Gasteiger partial charge in [0.1, 0.15) is 12.0 Å². The summed E-state index contributed by atoms with van der Waals surface area (Å²) in [6.07, 6.45) is 2.53. The number of oxazole rings is 1. The van der Waals surface area contributed by atoms with E-state index < -0.39 is 0 Å². The third-order valence-corrected chi connectivity index (χ3v) is 5.41. The summed E-state index contributed by atoms with van der Waals surface area (Å²) < 4.78 is 16.3. The highest BCUT2D eigenvalue weighted by atomic mass is 32.1. The van der Waals surface area contributed by atoms with Crippen LogP contribution in [0, 0.1) is 0 Å². The molecule has 1 N–H and O–H groups in total. The van der Waals surface area contributed by atoms with E-state index >= 15 is 0 Å². The van der Waals surface area contributed by atoms with Crippen LogP contribution in [-0.2, 0) is 13.0 Å². The van der Waals surface area contributed by atoms with Crippen LogP contribution in [-0.4, -0.2) is 50.2 Å². The van der Waals surface area contributed by atoms with Gasteiger partial charge >= 0.3 is 0 Å². The minimum absolute atomic E-state index is 0.456. The van der Waals surface area contributed by atoms with Gasteiger partial charge in [-0.05, 0) is 42.5 Å². The van der Waals surface area contributed by atoms with Crippen molar-refractivity contribution in [1.29, 1.82) is 0 Å². The Labute approximate surface area is 181 Å². The Kier molecular flexibility index (Phi) is 7.73. The predicted octanol–water partition coefficient (Wildman–Crippen LogP) is 4.06. The van der Waals surface area contributed by atoms with Crippen LogP contribution in [0.15, 0.2) is 51.4 Å². The number of rotatable bonds is 9. The number of methoxy groups -OCH3 is 2. The summed E-state index contributed by atoms with van der Waals surface area (Å²) >= 11 is 1.61. The van der Waals surface area contributed by atoms with Gasteiger partial charge in [0, 0.05) is 20.1 Å². The van der Waals surface area contributed by atoms with Gasteiger partial charge < -0.3 is 24.1 Å². The van der Waals surface area contributed by atoms with Crippen LogP contribution in [0.25, 0.3) is 10.8 Å². The lowest BCUT2D eigenvalue weighted by atomic mass is 10.1. The molecule has 0 bridgehead atoms. The van der Waals surface area contributed by atoms with E-state index in [1.165, 1.54) is 5.56 Å². The quantitative estimate of drug-likeness (QED) is 0.409. The zero-order chi connectivity index (χ0) is 21.3. The molecule has 2 aromatic heterocycles. The zero-order valence-electron chi connectivity index (χ0n) is 17.8. The van der Waals surface area contributed by atoms with Crippen molar-refractivity contribution in [1.82, 2.24) is 15.2 Å². The highest BCUT2D eigenvalue weighted by Crippen LogP contribution is 2.27. The van der Waals surface area contributed by atoms with Gasteiger partial charge in [-0.3, -0.25) is 0 Å². The van der Waals surface area contributed by atoms with Gasteiger partial charge in [-0.25, -0.2) is 9.98 Å². The summed E-state index contributed by atoms with van der Waals surface area (Å²) in [5.41, 5.74) is 1.98. The van der Waals surface area contributed by atoms with Gasteiger partial charge in [0.05, 0.1) is 25.6 Å². The predicted molar refractivity (Wildman–Crippen MR) is 121 cm³/mol. The molecular weight excluding hydrogens is 400 g/mol. The normalized spacial score (nSPS) is 11.4. The second-order valence-corrected chi connectivity index (χ2v) is 7.60. The molecule has 0 unspecified atom stereocenters. The average molecular weight is 429 g/mol. The molecule has 0 saturated carbocycles. The first kappa shape index (κ1) is 21.7. The average Bonchev–Trinajstić information content (AvgIpc) is 3.46. The largest absolute Gasteiger partial charge is 0.493 e. The number of hydrogen-bond donors (Lipinski definition) is 1. The van der Waals surface area contributed by atoms with Gasteiger partial charge in [0.15, 0.2) is 17.5 Å². The fourth-order valence-corrected chi connectivity index (χ4v) is 3.61. The first-order chi connectivity index (χ1) is 14.6. The van der Waals surface area contributed by atoms with Crippen molar-refractivity contribution >= 4 is 17.3 Å². The summed E-state index contributed by atoms with van der Waals surface area (Å²) in [5, 5.41) is 5.35. The lowest BCUT2D eigenvalue weighted by Crippen LogP contribution is -2.39. The lowest BCUT2D eigenvalue weighted by Gasteiger charge is -2.22. The van der Waals surface area contributed by atoms with Crippen LogP contribution in [0.5, 0.6) is 11.5 Å². The van der Waals surface area contributed by atoms with E-state index in [9.17, 15) is 0 Å². The van der Waals surface area contributed by atoms with Crippen molar-refractivity contribution in [2.75, 3.05) is 34.4 Å². The second kappa shape index (κ2) is 10.7. The van der Waals surface area contributed by atoms with E-state index in [0.717, 1.165) is 47.5 Å². The van der Waals surface area contributed by atoms with Crippen molar-refractivity contribution in [3.8, 4) is 22.3 Å². The molecule has 7 nitrogen and oxygen atoms in total. The smallest absolute Gasteiger partial charge is 0.236 e. The van der Waals surface area contributed by atoms with E-state index in [1.807, 2.05) is 36.7 Å². The molecule has 3 rings (SSSR count). The molecule has 1 aromatic carbocycles. The molecule has 0 aliphatic carbocycles. The zero-order valence-corrected chi connectivity index (χ0v) is 18.7. The van der Waals surface area contributed by atoms with Crippen LogP contribution >= 0.6 is 11.3 Å². The first-order valence-corrected chi connectivity index (χ1v) is 10.7. The highest BCUT2D eigenvalue weighted by molar-refractivity contribution is 7.13. The van der Waals surface area contributed by atoms with Gasteiger partial charge in [0.2, 0.25) is 5.89 Å². The maximum absolute atomic E-state index is 5.58. The van der Waals surface area contributed by atoms with Gasteiger partial charge in [-0.15, -0.1) is 11.3 Å². The van der Waals surface area contributed by atoms with Gasteiger partial charge in [0.25, 0.3) is 0 Å². The van der Waals surface area contributed by atoms with Crippen molar-refractivity contribution in [2.24, 2.45) is 4.99 Å². The van der Waals surface area contributed by atoms with Crippen molar-refractivity contribution in [2.45, 2.75) is 19.9 Å². The van der Waals surface area contributed by atoms with E-state index in [2.05, 4.69) is 28.2 Å². The summed E-state index contributed by atoms with van der Waals surface area (Å²) in [6.45, 7) is 4.11. The Morgan fingerprint density at radius 1 is 1.23 bits per heavy atom. The van der Waals surface area contributed by atoms with E-state index in [-0.39, 0.29) is 0 Å². The number of nitrogens with one attached hydrogen (secondary N) is 1. The van der Waals surface area contributed by atoms with E-state index in [0.29, 0.717) is 12.4 Å². The van der Waals surface area contributed by atoms with Crippen LogP contribution in [0.1, 0.15) is 18.2 Å². The second-order valence-electron chi connectivity index (χ2n) is 6.65. The standard InChI is InChI=1S/C22H28N4O3S/c1-5-23-22(24-14-17-15-29-21(25-17)20-7-6-12-30-20)26(2)11-10-16-8-9-18(27-3)19(13-16)28-4/h6-9,12-13,15H,5,10-11,14H2,1-4H3,(H,23,24). The molecular formula is C22H28N4O3S. The molecule has 3 aromatic rings. The lowest BCUT2D eigenvalue weighted by molar-refractivity contribution is 0.354. The fourth-order valence-electron chi connectivity index (χ4n) is 2.96. The number of hydrogen-bond acceptors (Lipinski definition) is 6. The maximum atomic E-state index is 5.58. The van der Waals surface area contributed by atoms with Crippen LogP contribution in [0.3, 0.4) is 0 Å². The third kappa shape index (κ3) is 5.54. The number of thiophene rings is 1. The van der Waals surface area contributed by atoms with E-state index in [4.69, 9.17) is 18.9 Å². The number of aliphatic imine (C=N–C) groups is 1. The number of aromatic nitrogens is 1. The molecule has 0 radical (unpaired) electrons. The number of guanidine groups is 1. The number of likely N-dealkylation sites (N-methyl/N-ethyl adjacent to an activating group) is 1. The molecule has 0 aliphatic heterocycles. The SMILES string of the molecule is CCNC(=NCc1coc(-c2cccs2)n1)N(C)CCc1ccc(OC)c(OC)c1. The van der Waals surface area contributed by atoms with E-state index in [1.54, 1.807) is 31.8 Å². The monoisotopic (exact) mass is 428 g/mol. The molecule has 8 heteroatoms. The number of ether oxygens (including phenoxy) is 2. The molecule has 0 fully saturated rings. The Hall–Kier alpha value is -3.00. The molecule has 30 heavy (non-hydrogen) atoms. The third-order valence-electron chi connectivity index (χ3n) is 4.55. The Bertz CT molecular complexity index is 953. The summed E-state index contributed by atoms with van der Waals surface area (Å²) in [4.78, 5) is 12.4. The van der Waals surface area contributed by atoms with Gasteiger partial charge in [-0.2, -0.15) is 0 Å². The number of nitrogens with zero attached hydrogens (tertiary/aromatic N) is 3. The van der Waals surface area contributed by atoms with Crippen LogP contribution in [0.2, 0.25) is 0 Å². The summed E-state index contributed by atoms with van der Waals surface area (Å²) in [6, 6.07) is 9.98. The molecule has 0 atom stereocenters. The molecule has 0 saturated heterocycles. The molecule has 2 heterocycles. The topological polar surface area (TPSA) is 72.1 Å². The molecule has 0 aliphatic rings. The Balaban J connectivity index is 1.62. The van der Waals surface area contributed by atoms with Gasteiger partial charge in [-0.1, -0.05) is 12.1 Å². The first-order valence-electron chi connectivity index (χ1n) is 9.83. The Morgan fingerprint density at radius 2 is 2.07 bits per heavy atom. The summed E-state index contributed by atoms with van der Waals surface area (Å²) in [7, 11) is 5.32. The van der Waals surface area contributed by atoms with Crippen molar-refractivity contribution < 1.29 is 13.9 Å². The summed E-state index contributed by atoms with van der Waals surface area (Å²) in [5.74, 6) is 2.95. The Morgan fingerprint density at radius 3 is 2.77 bits per heavy atom. The fraction of sp³-hybridized carbons (Fsp3) is 0.364. The molecule has 0 amide bonds. The molecule has 0 spiro atoms. The molecule has 160 valence electrons. The highest BCUT2D eigenvalue weighted by Gasteiger charge is 2.10.